The molecule has 29 heavy (non-hydrogen) atoms. The number of rotatable bonds is 6. The van der Waals surface area contributed by atoms with Gasteiger partial charge >= 0.3 is 12.0 Å². The fourth-order valence-electron chi connectivity index (χ4n) is 3.84. The average Bonchev–Trinajstić information content (AvgIpc) is 3.47. The second kappa shape index (κ2) is 8.42. The van der Waals surface area contributed by atoms with Gasteiger partial charge in [0.25, 0.3) is 5.91 Å². The summed E-state index contributed by atoms with van der Waals surface area (Å²) < 4.78 is 10.5. The standard InChI is InChI=1S/C20H22N4O5/c25-16(21-20-23-22-18(29-20)13-6-2-1-3-7-13)12-28-19(27)14-10-17(26)24(11-14)15-8-4-5-9-15/h1-3,6-7,14-15H,4-5,8-12H2,(H,21,23,25)/t14-/m0/s1. The summed E-state index contributed by atoms with van der Waals surface area (Å²) in [6.07, 6.45) is 4.36. The van der Waals surface area contributed by atoms with Gasteiger partial charge in [0.15, 0.2) is 6.61 Å². The van der Waals surface area contributed by atoms with Crippen LogP contribution in [0.4, 0.5) is 6.01 Å². The first-order valence-corrected chi connectivity index (χ1v) is 9.75. The second-order valence-corrected chi connectivity index (χ2v) is 7.32. The predicted molar refractivity (Wildman–Crippen MR) is 101 cm³/mol. The van der Waals surface area contributed by atoms with Gasteiger partial charge in [0, 0.05) is 24.6 Å². The number of anilines is 1. The van der Waals surface area contributed by atoms with Gasteiger partial charge in [0.1, 0.15) is 0 Å². The van der Waals surface area contributed by atoms with Crippen LogP contribution in [0.2, 0.25) is 0 Å². The quantitative estimate of drug-likeness (QED) is 0.740. The Hall–Kier alpha value is -3.23. The van der Waals surface area contributed by atoms with Crippen molar-refractivity contribution in [2.75, 3.05) is 18.5 Å². The number of nitrogens with zero attached hydrogens (tertiary/aromatic N) is 3. The molecule has 2 aliphatic rings. The normalized spacial score (nSPS) is 19.5. The Balaban J connectivity index is 1.25. The molecule has 2 heterocycles. The second-order valence-electron chi connectivity index (χ2n) is 7.32. The number of ether oxygens (including phenoxy) is 1. The number of likely N-dealkylation sites (tertiary alicyclic amines) is 1. The van der Waals surface area contributed by atoms with Crippen molar-refractivity contribution in [1.29, 1.82) is 0 Å². The Morgan fingerprint density at radius 2 is 1.93 bits per heavy atom. The zero-order valence-electron chi connectivity index (χ0n) is 15.9. The van der Waals surface area contributed by atoms with Crippen LogP contribution < -0.4 is 5.32 Å². The van der Waals surface area contributed by atoms with E-state index in [1.54, 1.807) is 17.0 Å². The number of nitrogens with one attached hydrogen (secondary N) is 1. The lowest BCUT2D eigenvalue weighted by Crippen LogP contribution is -2.35. The maximum Gasteiger partial charge on any atom is 0.322 e. The molecule has 0 unspecified atom stereocenters. The highest BCUT2D eigenvalue weighted by atomic mass is 16.5. The highest BCUT2D eigenvalue weighted by molar-refractivity contribution is 5.92. The Morgan fingerprint density at radius 1 is 1.17 bits per heavy atom. The molecule has 1 saturated heterocycles. The van der Waals surface area contributed by atoms with E-state index in [-0.39, 0.29) is 30.3 Å². The van der Waals surface area contributed by atoms with E-state index in [9.17, 15) is 14.4 Å². The number of hydrogen-bond donors (Lipinski definition) is 1. The predicted octanol–water partition coefficient (Wildman–Crippen LogP) is 2.01. The van der Waals surface area contributed by atoms with Crippen molar-refractivity contribution >= 4 is 23.8 Å². The van der Waals surface area contributed by atoms with Gasteiger partial charge in [-0.25, -0.2) is 0 Å². The van der Waals surface area contributed by atoms with Crippen molar-refractivity contribution in [3.63, 3.8) is 0 Å². The van der Waals surface area contributed by atoms with E-state index in [1.807, 2.05) is 18.2 Å². The molecule has 0 spiro atoms. The molecule has 2 aromatic rings. The van der Waals surface area contributed by atoms with Crippen molar-refractivity contribution in [3.8, 4) is 11.5 Å². The average molecular weight is 398 g/mol. The smallest absolute Gasteiger partial charge is 0.322 e. The third-order valence-corrected chi connectivity index (χ3v) is 5.29. The number of esters is 1. The Bertz CT molecular complexity index is 891. The molecule has 152 valence electrons. The first-order chi connectivity index (χ1) is 14.1. The molecule has 1 aliphatic carbocycles. The van der Waals surface area contributed by atoms with E-state index in [1.165, 1.54) is 0 Å². The molecular weight excluding hydrogens is 376 g/mol. The maximum atomic E-state index is 12.3. The highest BCUT2D eigenvalue weighted by Gasteiger charge is 2.39. The fourth-order valence-corrected chi connectivity index (χ4v) is 3.84. The zero-order chi connectivity index (χ0) is 20.2. The molecule has 2 fully saturated rings. The summed E-state index contributed by atoms with van der Waals surface area (Å²) >= 11 is 0. The van der Waals surface area contributed by atoms with Crippen molar-refractivity contribution in [1.82, 2.24) is 15.1 Å². The number of benzene rings is 1. The Labute approximate surface area is 167 Å². The summed E-state index contributed by atoms with van der Waals surface area (Å²) in [5.41, 5.74) is 0.727. The third kappa shape index (κ3) is 4.44. The van der Waals surface area contributed by atoms with Crippen LogP contribution in [0.3, 0.4) is 0 Å². The van der Waals surface area contributed by atoms with Crippen molar-refractivity contribution in [2.24, 2.45) is 5.92 Å². The van der Waals surface area contributed by atoms with E-state index in [0.29, 0.717) is 6.54 Å². The van der Waals surface area contributed by atoms with Gasteiger partial charge in [-0.2, -0.15) is 0 Å². The molecule has 1 saturated carbocycles. The SMILES string of the molecule is O=C(COC(=O)[C@H]1CC(=O)N(C2CCCC2)C1)Nc1nnc(-c2ccccc2)o1. The van der Waals surface area contributed by atoms with E-state index in [0.717, 1.165) is 31.2 Å². The monoisotopic (exact) mass is 398 g/mol. The third-order valence-electron chi connectivity index (χ3n) is 5.29. The number of amides is 2. The van der Waals surface area contributed by atoms with E-state index in [4.69, 9.17) is 9.15 Å². The lowest BCUT2D eigenvalue weighted by Gasteiger charge is -2.23. The molecule has 1 aromatic heterocycles. The molecule has 9 heteroatoms. The molecule has 1 aromatic carbocycles. The van der Waals surface area contributed by atoms with Gasteiger partial charge in [0.2, 0.25) is 11.8 Å². The molecule has 0 bridgehead atoms. The van der Waals surface area contributed by atoms with Gasteiger partial charge < -0.3 is 14.1 Å². The lowest BCUT2D eigenvalue weighted by atomic mass is 10.1. The van der Waals surface area contributed by atoms with E-state index >= 15 is 0 Å². The molecule has 0 radical (unpaired) electrons. The lowest BCUT2D eigenvalue weighted by molar-refractivity contribution is -0.151. The van der Waals surface area contributed by atoms with Crippen LogP contribution >= 0.6 is 0 Å². The van der Waals surface area contributed by atoms with Crippen LogP contribution in [-0.4, -0.2) is 52.1 Å². The minimum atomic E-state index is -0.585. The highest BCUT2D eigenvalue weighted by Crippen LogP contribution is 2.29. The number of carbonyl (C=O) groups is 3. The first-order valence-electron chi connectivity index (χ1n) is 9.75. The maximum absolute atomic E-state index is 12.3. The van der Waals surface area contributed by atoms with Crippen LogP contribution in [0.1, 0.15) is 32.1 Å². The minimum Gasteiger partial charge on any atom is -0.455 e. The minimum absolute atomic E-state index is 0.0115. The van der Waals surface area contributed by atoms with Crippen LogP contribution in [0.5, 0.6) is 0 Å². The summed E-state index contributed by atoms with van der Waals surface area (Å²) in [5.74, 6) is -1.39. The molecule has 1 N–H and O–H groups in total. The molecule has 2 amide bonds. The molecular formula is C20H22N4O5. The molecule has 9 nitrogen and oxygen atoms in total. The van der Waals surface area contributed by atoms with Crippen molar-refractivity contribution in [3.05, 3.63) is 30.3 Å². The fraction of sp³-hybridized carbons (Fsp3) is 0.450. The van der Waals surface area contributed by atoms with Crippen LogP contribution in [-0.2, 0) is 19.1 Å². The molecule has 1 atom stereocenters. The van der Waals surface area contributed by atoms with E-state index in [2.05, 4.69) is 15.5 Å². The van der Waals surface area contributed by atoms with Gasteiger partial charge in [0.05, 0.1) is 5.92 Å². The van der Waals surface area contributed by atoms with Crippen LogP contribution in [0.25, 0.3) is 11.5 Å². The molecule has 1 aliphatic heterocycles. The van der Waals surface area contributed by atoms with Crippen LogP contribution in [0.15, 0.2) is 34.7 Å². The molecule has 4 rings (SSSR count). The number of aromatic nitrogens is 2. The van der Waals surface area contributed by atoms with Gasteiger partial charge in [-0.1, -0.05) is 36.1 Å². The van der Waals surface area contributed by atoms with Crippen LogP contribution in [0, 0.1) is 5.92 Å². The summed E-state index contributed by atoms with van der Waals surface area (Å²) in [5, 5.41) is 10.0. The number of carbonyl (C=O) groups excluding carboxylic acids is 3. The Morgan fingerprint density at radius 3 is 2.69 bits per heavy atom. The van der Waals surface area contributed by atoms with Gasteiger partial charge in [-0.3, -0.25) is 19.7 Å². The van der Waals surface area contributed by atoms with E-state index < -0.39 is 24.4 Å². The van der Waals surface area contributed by atoms with Crippen molar-refractivity contribution < 1.29 is 23.5 Å². The zero-order valence-corrected chi connectivity index (χ0v) is 15.9. The summed E-state index contributed by atoms with van der Waals surface area (Å²) in [6, 6.07) is 9.30. The summed E-state index contributed by atoms with van der Waals surface area (Å²) in [7, 11) is 0. The summed E-state index contributed by atoms with van der Waals surface area (Å²) in [6.45, 7) is -0.107. The Kier molecular flexibility index (Phi) is 5.55. The largest absolute Gasteiger partial charge is 0.455 e. The summed E-state index contributed by atoms with van der Waals surface area (Å²) in [4.78, 5) is 38.3. The topological polar surface area (TPSA) is 115 Å². The van der Waals surface area contributed by atoms with Crippen molar-refractivity contribution in [2.45, 2.75) is 38.1 Å². The first kappa shape index (κ1) is 19.1. The number of hydrogen-bond acceptors (Lipinski definition) is 7. The van der Waals surface area contributed by atoms with Gasteiger partial charge in [-0.05, 0) is 25.0 Å². The van der Waals surface area contributed by atoms with Gasteiger partial charge in [-0.15, -0.1) is 5.10 Å².